The monoisotopic (exact) mass is 319 g/mol. The lowest BCUT2D eigenvalue weighted by Gasteiger charge is -2.13. The molecule has 1 heterocycles. The van der Waals surface area contributed by atoms with Crippen molar-refractivity contribution in [2.24, 2.45) is 0 Å². The van der Waals surface area contributed by atoms with Gasteiger partial charge in [0.25, 0.3) is 0 Å². The highest BCUT2D eigenvalue weighted by atomic mass is 35.5. The number of furan rings is 1. The van der Waals surface area contributed by atoms with Gasteiger partial charge in [-0.3, -0.25) is 0 Å². The largest absolute Gasteiger partial charge is 0.468 e. The second kappa shape index (κ2) is 5.54. The molecule has 102 valence electrons. The van der Waals surface area contributed by atoms with E-state index in [0.29, 0.717) is 10.8 Å². The van der Waals surface area contributed by atoms with Crippen LogP contribution in [0.15, 0.2) is 45.9 Å². The molecule has 0 aliphatic carbocycles. The maximum absolute atomic E-state index is 12.2. The fourth-order valence-electron chi connectivity index (χ4n) is 1.58. The summed E-state index contributed by atoms with van der Waals surface area (Å²) in [5, 5.41) is 0.416. The average Bonchev–Trinajstić information content (AvgIpc) is 2.85. The zero-order valence-electron chi connectivity index (χ0n) is 9.93. The van der Waals surface area contributed by atoms with Crippen molar-refractivity contribution in [3.8, 4) is 0 Å². The lowest BCUT2D eigenvalue weighted by atomic mass is 10.3. The molecule has 0 saturated carbocycles. The number of sulfonamides is 1. The number of halogens is 2. The Kier molecular flexibility index (Phi) is 4.20. The van der Waals surface area contributed by atoms with E-state index in [1.54, 1.807) is 19.1 Å². The van der Waals surface area contributed by atoms with E-state index in [-0.39, 0.29) is 9.92 Å². The second-order valence-electron chi connectivity index (χ2n) is 3.93. The molecular formula is C12H11Cl2NO3S. The number of nitrogens with one attached hydrogen (secondary N) is 1. The van der Waals surface area contributed by atoms with Crippen LogP contribution in [0.4, 0.5) is 0 Å². The molecule has 0 aliphatic heterocycles. The van der Waals surface area contributed by atoms with Gasteiger partial charge in [-0.15, -0.1) is 0 Å². The highest BCUT2D eigenvalue weighted by Crippen LogP contribution is 2.26. The summed E-state index contributed by atoms with van der Waals surface area (Å²) in [6.07, 6.45) is 1.48. The lowest BCUT2D eigenvalue weighted by molar-refractivity contribution is 0.459. The van der Waals surface area contributed by atoms with Crippen molar-refractivity contribution in [2.45, 2.75) is 17.9 Å². The summed E-state index contributed by atoms with van der Waals surface area (Å²) in [6.45, 7) is 1.68. The SMILES string of the molecule is C[C@@H](NS(=O)(=O)c1cc(Cl)ccc1Cl)c1ccco1. The first-order valence-electron chi connectivity index (χ1n) is 5.41. The van der Waals surface area contributed by atoms with Crippen LogP contribution in [0.1, 0.15) is 18.7 Å². The maximum atomic E-state index is 12.2. The molecule has 4 nitrogen and oxygen atoms in total. The van der Waals surface area contributed by atoms with Gasteiger partial charge in [0.2, 0.25) is 10.0 Å². The fraction of sp³-hybridized carbons (Fsp3) is 0.167. The molecule has 0 amide bonds. The van der Waals surface area contributed by atoms with Crippen molar-refractivity contribution in [3.63, 3.8) is 0 Å². The molecule has 1 N–H and O–H groups in total. The first-order chi connectivity index (χ1) is 8.90. The predicted octanol–water partition coefficient (Wildman–Crippen LogP) is 3.63. The Labute approximate surface area is 121 Å². The predicted molar refractivity (Wildman–Crippen MR) is 73.9 cm³/mol. The van der Waals surface area contributed by atoms with Crippen molar-refractivity contribution in [1.29, 1.82) is 0 Å². The first-order valence-corrected chi connectivity index (χ1v) is 7.65. The third-order valence-corrected chi connectivity index (χ3v) is 4.74. The summed E-state index contributed by atoms with van der Waals surface area (Å²) in [5.41, 5.74) is 0. The molecule has 19 heavy (non-hydrogen) atoms. The molecule has 1 aromatic carbocycles. The zero-order chi connectivity index (χ0) is 14.0. The Balaban J connectivity index is 2.30. The third kappa shape index (κ3) is 3.30. The molecule has 0 bridgehead atoms. The number of hydrogen-bond donors (Lipinski definition) is 1. The Morgan fingerprint density at radius 3 is 2.63 bits per heavy atom. The minimum atomic E-state index is -3.77. The fourth-order valence-corrected chi connectivity index (χ4v) is 3.55. The topological polar surface area (TPSA) is 59.3 Å². The number of hydrogen-bond acceptors (Lipinski definition) is 3. The molecule has 1 aromatic heterocycles. The summed E-state index contributed by atoms with van der Waals surface area (Å²) in [5.74, 6) is 0.515. The molecule has 1 atom stereocenters. The van der Waals surface area contributed by atoms with Crippen molar-refractivity contribution >= 4 is 33.2 Å². The Bertz CT molecular complexity index is 668. The molecule has 0 fully saturated rings. The molecule has 0 saturated heterocycles. The van der Waals surface area contributed by atoms with Gasteiger partial charge in [-0.1, -0.05) is 23.2 Å². The van der Waals surface area contributed by atoms with Gasteiger partial charge in [0, 0.05) is 5.02 Å². The quantitative estimate of drug-likeness (QED) is 0.936. The van der Waals surface area contributed by atoms with E-state index >= 15 is 0 Å². The lowest BCUT2D eigenvalue weighted by Crippen LogP contribution is -2.26. The second-order valence-corrected chi connectivity index (χ2v) is 6.46. The zero-order valence-corrected chi connectivity index (χ0v) is 12.3. The van der Waals surface area contributed by atoms with Gasteiger partial charge in [0.1, 0.15) is 10.7 Å². The van der Waals surface area contributed by atoms with E-state index in [0.717, 1.165) is 0 Å². The van der Waals surface area contributed by atoms with Crippen molar-refractivity contribution in [1.82, 2.24) is 4.72 Å². The maximum Gasteiger partial charge on any atom is 0.242 e. The van der Waals surface area contributed by atoms with Crippen molar-refractivity contribution in [3.05, 3.63) is 52.4 Å². The Hall–Kier alpha value is -1.01. The van der Waals surface area contributed by atoms with E-state index in [1.807, 2.05) is 0 Å². The van der Waals surface area contributed by atoms with Gasteiger partial charge in [0.05, 0.1) is 17.3 Å². The summed E-state index contributed by atoms with van der Waals surface area (Å²) in [4.78, 5) is -0.0555. The van der Waals surface area contributed by atoms with Crippen molar-refractivity contribution in [2.75, 3.05) is 0 Å². The smallest absolute Gasteiger partial charge is 0.242 e. The van der Waals surface area contributed by atoms with Crippen molar-refractivity contribution < 1.29 is 12.8 Å². The van der Waals surface area contributed by atoms with E-state index in [9.17, 15) is 8.42 Å². The number of rotatable bonds is 4. The van der Waals surface area contributed by atoms with Crippen LogP contribution in [0.2, 0.25) is 10.0 Å². The molecule has 0 spiro atoms. The standard InChI is InChI=1S/C12H11Cl2NO3S/c1-8(11-3-2-6-18-11)15-19(16,17)12-7-9(13)4-5-10(12)14/h2-8,15H,1H3/t8-/m1/s1. The van der Waals surface area contributed by atoms with Gasteiger partial charge >= 0.3 is 0 Å². The van der Waals surface area contributed by atoms with Crippen LogP contribution in [0.3, 0.4) is 0 Å². The highest BCUT2D eigenvalue weighted by Gasteiger charge is 2.22. The van der Waals surface area contributed by atoms with Crippen LogP contribution >= 0.6 is 23.2 Å². The van der Waals surface area contributed by atoms with Gasteiger partial charge in [-0.25, -0.2) is 13.1 Å². The Morgan fingerprint density at radius 2 is 2.00 bits per heavy atom. The van der Waals surface area contributed by atoms with Crippen LogP contribution in [-0.4, -0.2) is 8.42 Å². The average molecular weight is 320 g/mol. The van der Waals surface area contributed by atoms with E-state index in [1.165, 1.54) is 24.5 Å². The van der Waals surface area contributed by atoms with E-state index in [2.05, 4.69) is 4.72 Å². The van der Waals surface area contributed by atoms with E-state index in [4.69, 9.17) is 27.6 Å². The molecule has 7 heteroatoms. The summed E-state index contributed by atoms with van der Waals surface area (Å²) in [7, 11) is -3.77. The minimum absolute atomic E-state index is 0.0555. The van der Waals surface area contributed by atoms with Crippen LogP contribution in [0.25, 0.3) is 0 Å². The van der Waals surface area contributed by atoms with Gasteiger partial charge in [-0.2, -0.15) is 0 Å². The first kappa shape index (κ1) is 14.4. The Morgan fingerprint density at radius 1 is 1.26 bits per heavy atom. The minimum Gasteiger partial charge on any atom is -0.468 e. The van der Waals surface area contributed by atoms with Crippen LogP contribution in [-0.2, 0) is 10.0 Å². The normalized spacial score (nSPS) is 13.4. The molecule has 2 aromatic rings. The highest BCUT2D eigenvalue weighted by molar-refractivity contribution is 7.89. The number of benzene rings is 1. The molecule has 0 aliphatic rings. The summed E-state index contributed by atoms with van der Waals surface area (Å²) >= 11 is 11.7. The van der Waals surface area contributed by atoms with Crippen LogP contribution in [0.5, 0.6) is 0 Å². The van der Waals surface area contributed by atoms with Crippen LogP contribution < -0.4 is 4.72 Å². The van der Waals surface area contributed by atoms with Crippen LogP contribution in [0, 0.1) is 0 Å². The third-order valence-electron chi connectivity index (χ3n) is 2.48. The van der Waals surface area contributed by atoms with Gasteiger partial charge in [-0.05, 0) is 37.3 Å². The molecule has 0 radical (unpaired) electrons. The molecule has 0 unspecified atom stereocenters. The summed E-state index contributed by atoms with van der Waals surface area (Å²) in [6, 6.07) is 7.14. The van der Waals surface area contributed by atoms with Gasteiger partial charge < -0.3 is 4.42 Å². The van der Waals surface area contributed by atoms with E-state index < -0.39 is 16.1 Å². The molecule has 2 rings (SSSR count). The van der Waals surface area contributed by atoms with Gasteiger partial charge in [0.15, 0.2) is 0 Å². The summed E-state index contributed by atoms with van der Waals surface area (Å²) < 4.78 is 32.1. The molecular weight excluding hydrogens is 309 g/mol.